The lowest BCUT2D eigenvalue weighted by molar-refractivity contribution is -0.351. The molecule has 182 valence electrons. The third-order valence-electron chi connectivity index (χ3n) is 5.75. The van der Waals surface area contributed by atoms with Gasteiger partial charge in [-0.15, -0.1) is 0 Å². The predicted octanol–water partition coefficient (Wildman–Crippen LogP) is 2.41. The second kappa shape index (κ2) is 11.1. The number of hydrogen-bond donors (Lipinski definition) is 2. The highest BCUT2D eigenvalue weighted by molar-refractivity contribution is 5.73. The van der Waals surface area contributed by atoms with Crippen molar-refractivity contribution in [2.75, 3.05) is 6.61 Å². The molecule has 2 aliphatic heterocycles. The van der Waals surface area contributed by atoms with Gasteiger partial charge in [-0.3, -0.25) is 4.79 Å². The molecule has 0 aliphatic carbocycles. The summed E-state index contributed by atoms with van der Waals surface area (Å²) in [5.74, 6) is -1.46. The minimum absolute atomic E-state index is 0.184. The first kappa shape index (κ1) is 24.3. The Kier molecular flexibility index (Phi) is 7.91. The molecule has 1 amide bonds. The molecule has 2 saturated heterocycles. The van der Waals surface area contributed by atoms with E-state index in [0.717, 1.165) is 11.1 Å². The number of aliphatic carboxylic acids is 1. The quantitative estimate of drug-likeness (QED) is 0.604. The number of carbonyl (C=O) groups is 2. The SMILES string of the molecule is CC(=O)N[C@H]1[C@@H](OCc2ccccc2)O[C@H]2CO[C@@H](c3ccccc3)O[C@@H]2[C@@H]1O[C@H](C)C(=O)O. The number of carboxylic acids is 1. The number of amides is 1. The largest absolute Gasteiger partial charge is 0.479 e. The molecule has 9 heteroatoms. The Morgan fingerprint density at radius 1 is 1.09 bits per heavy atom. The third kappa shape index (κ3) is 5.81. The number of ether oxygens (including phenoxy) is 5. The number of carbonyl (C=O) groups excluding carboxylic acids is 1. The lowest BCUT2D eigenvalue weighted by Gasteiger charge is -2.49. The smallest absolute Gasteiger partial charge is 0.332 e. The van der Waals surface area contributed by atoms with Crippen LogP contribution >= 0.6 is 0 Å². The second-order valence-corrected chi connectivity index (χ2v) is 8.32. The van der Waals surface area contributed by atoms with Crippen LogP contribution in [0.2, 0.25) is 0 Å². The number of hydrogen-bond acceptors (Lipinski definition) is 7. The summed E-state index contributed by atoms with van der Waals surface area (Å²) in [7, 11) is 0. The lowest BCUT2D eigenvalue weighted by atomic mass is 9.95. The summed E-state index contributed by atoms with van der Waals surface area (Å²) in [5, 5.41) is 12.3. The van der Waals surface area contributed by atoms with E-state index in [2.05, 4.69) is 5.32 Å². The first-order valence-corrected chi connectivity index (χ1v) is 11.2. The van der Waals surface area contributed by atoms with Crippen molar-refractivity contribution in [3.63, 3.8) is 0 Å². The van der Waals surface area contributed by atoms with Crippen molar-refractivity contribution < 1.29 is 38.4 Å². The highest BCUT2D eigenvalue weighted by atomic mass is 16.8. The van der Waals surface area contributed by atoms with Gasteiger partial charge >= 0.3 is 5.97 Å². The summed E-state index contributed by atoms with van der Waals surface area (Å²) in [4.78, 5) is 23.7. The number of fused-ring (bicyclic) bond motifs is 1. The number of nitrogens with one attached hydrogen (secondary N) is 1. The zero-order chi connectivity index (χ0) is 24.1. The molecule has 2 fully saturated rings. The summed E-state index contributed by atoms with van der Waals surface area (Å²) in [6, 6.07) is 18.1. The number of rotatable bonds is 8. The monoisotopic (exact) mass is 471 g/mol. The van der Waals surface area contributed by atoms with E-state index in [-0.39, 0.29) is 19.1 Å². The fourth-order valence-corrected chi connectivity index (χ4v) is 4.09. The molecule has 0 spiro atoms. The van der Waals surface area contributed by atoms with Crippen LogP contribution in [-0.4, -0.2) is 60.3 Å². The van der Waals surface area contributed by atoms with Gasteiger partial charge in [-0.2, -0.15) is 0 Å². The number of benzene rings is 2. The van der Waals surface area contributed by atoms with Crippen LogP contribution in [0.5, 0.6) is 0 Å². The fourth-order valence-electron chi connectivity index (χ4n) is 4.09. The predicted molar refractivity (Wildman–Crippen MR) is 119 cm³/mol. The van der Waals surface area contributed by atoms with Crippen molar-refractivity contribution >= 4 is 11.9 Å². The van der Waals surface area contributed by atoms with Gasteiger partial charge in [0.1, 0.15) is 24.4 Å². The van der Waals surface area contributed by atoms with Crippen molar-refractivity contribution in [1.29, 1.82) is 0 Å². The van der Waals surface area contributed by atoms with Crippen molar-refractivity contribution in [2.45, 2.75) is 63.5 Å². The molecule has 9 nitrogen and oxygen atoms in total. The average molecular weight is 472 g/mol. The van der Waals surface area contributed by atoms with Gasteiger partial charge in [0, 0.05) is 12.5 Å². The molecule has 4 rings (SSSR count). The van der Waals surface area contributed by atoms with Crippen LogP contribution in [0, 0.1) is 0 Å². The molecule has 0 unspecified atom stereocenters. The Balaban J connectivity index is 1.59. The van der Waals surface area contributed by atoms with Crippen molar-refractivity contribution in [2.24, 2.45) is 0 Å². The van der Waals surface area contributed by atoms with E-state index in [4.69, 9.17) is 23.7 Å². The molecule has 7 atom stereocenters. The molecular formula is C25H29NO8. The van der Waals surface area contributed by atoms with Gasteiger partial charge < -0.3 is 34.1 Å². The topological polar surface area (TPSA) is 113 Å². The van der Waals surface area contributed by atoms with Crippen LogP contribution in [0.15, 0.2) is 60.7 Å². The Labute approximate surface area is 197 Å². The fraction of sp³-hybridized carbons (Fsp3) is 0.440. The van der Waals surface area contributed by atoms with E-state index in [1.54, 1.807) is 0 Å². The van der Waals surface area contributed by atoms with E-state index < -0.39 is 49.0 Å². The summed E-state index contributed by atoms with van der Waals surface area (Å²) < 4.78 is 30.3. The van der Waals surface area contributed by atoms with Crippen LogP contribution in [-0.2, 0) is 39.9 Å². The Morgan fingerprint density at radius 2 is 1.76 bits per heavy atom. The molecule has 2 aromatic carbocycles. The summed E-state index contributed by atoms with van der Waals surface area (Å²) in [6.07, 6.45) is -4.87. The van der Waals surface area contributed by atoms with E-state index in [1.165, 1.54) is 13.8 Å². The minimum atomic E-state index is -1.14. The van der Waals surface area contributed by atoms with Crippen LogP contribution in [0.25, 0.3) is 0 Å². The van der Waals surface area contributed by atoms with Gasteiger partial charge in [-0.25, -0.2) is 4.79 Å². The molecule has 34 heavy (non-hydrogen) atoms. The Bertz CT molecular complexity index is 956. The first-order chi connectivity index (χ1) is 16.4. The number of carboxylic acid groups (broad SMARTS) is 1. The molecule has 0 radical (unpaired) electrons. The zero-order valence-corrected chi connectivity index (χ0v) is 19.0. The van der Waals surface area contributed by atoms with Gasteiger partial charge in [-0.1, -0.05) is 60.7 Å². The standard InChI is InChI=1S/C25H29NO8/c1-15(23(28)29)32-22-20(26-16(2)27)25(30-13-17-9-5-3-6-10-17)33-19-14-31-24(34-21(19)22)18-11-7-4-8-12-18/h3-12,15,19-22,24-25H,13-14H2,1-2H3,(H,26,27)(H,28,29)/t15-,19+,20-,21+,22-,24-,25+/m1/s1. The van der Waals surface area contributed by atoms with E-state index in [0.29, 0.717) is 0 Å². The normalized spacial score (nSPS) is 29.6. The summed E-state index contributed by atoms with van der Waals surface area (Å²) >= 11 is 0. The van der Waals surface area contributed by atoms with E-state index in [9.17, 15) is 14.7 Å². The maximum Gasteiger partial charge on any atom is 0.332 e. The molecule has 0 bridgehead atoms. The highest BCUT2D eigenvalue weighted by Gasteiger charge is 2.52. The van der Waals surface area contributed by atoms with Crippen molar-refractivity contribution in [1.82, 2.24) is 5.32 Å². The lowest BCUT2D eigenvalue weighted by Crippen LogP contribution is -2.67. The molecular weight excluding hydrogens is 442 g/mol. The maximum absolute atomic E-state index is 12.1. The van der Waals surface area contributed by atoms with E-state index in [1.807, 2.05) is 60.7 Å². The first-order valence-electron chi connectivity index (χ1n) is 11.2. The average Bonchev–Trinajstić information content (AvgIpc) is 2.84. The minimum Gasteiger partial charge on any atom is -0.479 e. The molecule has 2 aliphatic rings. The summed E-state index contributed by atoms with van der Waals surface area (Å²) in [6.45, 7) is 3.22. The van der Waals surface area contributed by atoms with Gasteiger partial charge in [-0.05, 0) is 12.5 Å². The Hall–Kier alpha value is -2.82. The summed E-state index contributed by atoms with van der Waals surface area (Å²) in [5.41, 5.74) is 1.73. The highest BCUT2D eigenvalue weighted by Crippen LogP contribution is 2.36. The molecule has 2 heterocycles. The van der Waals surface area contributed by atoms with Gasteiger partial charge in [0.05, 0.1) is 13.2 Å². The van der Waals surface area contributed by atoms with Crippen molar-refractivity contribution in [3.8, 4) is 0 Å². The molecule has 0 aromatic heterocycles. The second-order valence-electron chi connectivity index (χ2n) is 8.32. The molecule has 0 saturated carbocycles. The van der Waals surface area contributed by atoms with Crippen LogP contribution in [0.1, 0.15) is 31.3 Å². The molecule has 2 aromatic rings. The van der Waals surface area contributed by atoms with E-state index >= 15 is 0 Å². The van der Waals surface area contributed by atoms with Gasteiger partial charge in [0.25, 0.3) is 0 Å². The van der Waals surface area contributed by atoms with Gasteiger partial charge in [0.2, 0.25) is 5.91 Å². The third-order valence-corrected chi connectivity index (χ3v) is 5.75. The van der Waals surface area contributed by atoms with Crippen LogP contribution in [0.3, 0.4) is 0 Å². The molecule has 2 N–H and O–H groups in total. The van der Waals surface area contributed by atoms with Crippen LogP contribution < -0.4 is 5.32 Å². The zero-order valence-electron chi connectivity index (χ0n) is 19.0. The van der Waals surface area contributed by atoms with Crippen LogP contribution in [0.4, 0.5) is 0 Å². The van der Waals surface area contributed by atoms with Gasteiger partial charge in [0.15, 0.2) is 18.7 Å². The Morgan fingerprint density at radius 3 is 2.41 bits per heavy atom. The maximum atomic E-state index is 12.1. The van der Waals surface area contributed by atoms with Crippen molar-refractivity contribution in [3.05, 3.63) is 71.8 Å².